The van der Waals surface area contributed by atoms with Crippen LogP contribution < -0.4 is 16.8 Å². The van der Waals surface area contributed by atoms with Gasteiger partial charge in [0.15, 0.2) is 0 Å². The second-order valence-corrected chi connectivity index (χ2v) is 4.18. The molecule has 88 valence electrons. The molecule has 0 saturated carbocycles. The van der Waals surface area contributed by atoms with Crippen molar-refractivity contribution in [2.24, 2.45) is 0 Å². The van der Waals surface area contributed by atoms with Crippen LogP contribution in [0.5, 0.6) is 0 Å². The maximum Gasteiger partial charge on any atom is 0.0789 e. The van der Waals surface area contributed by atoms with Gasteiger partial charge in [-0.25, -0.2) is 0 Å². The third-order valence-electron chi connectivity index (χ3n) is 2.88. The molecule has 1 aromatic rings. The molecule has 2 rings (SSSR count). The third-order valence-corrected chi connectivity index (χ3v) is 2.88. The highest BCUT2D eigenvalue weighted by Gasteiger charge is 2.21. The molecule has 0 aliphatic carbocycles. The monoisotopic (exact) mass is 221 g/mol. The minimum absolute atomic E-state index is 0.205. The Labute approximate surface area is 96.0 Å². The molecule has 0 radical (unpaired) electrons. The molecule has 1 aromatic carbocycles. The summed E-state index contributed by atoms with van der Waals surface area (Å²) in [6, 6.07) is 3.70. The molecule has 1 heterocycles. The van der Waals surface area contributed by atoms with E-state index in [4.69, 9.17) is 16.2 Å². The first-order valence-corrected chi connectivity index (χ1v) is 5.74. The molecule has 16 heavy (non-hydrogen) atoms. The second kappa shape index (κ2) is 4.61. The Kier molecular flexibility index (Phi) is 3.19. The normalized spacial score (nSPS) is 18.9. The van der Waals surface area contributed by atoms with Crippen molar-refractivity contribution in [3.8, 4) is 0 Å². The van der Waals surface area contributed by atoms with Crippen LogP contribution in [0.15, 0.2) is 12.1 Å². The molecular weight excluding hydrogens is 202 g/mol. The molecule has 5 N–H and O–H groups in total. The van der Waals surface area contributed by atoms with Crippen molar-refractivity contribution in [1.29, 1.82) is 0 Å². The van der Waals surface area contributed by atoms with Gasteiger partial charge in [-0.2, -0.15) is 0 Å². The molecule has 1 atom stereocenters. The van der Waals surface area contributed by atoms with E-state index in [1.807, 2.05) is 12.1 Å². The zero-order valence-corrected chi connectivity index (χ0v) is 9.62. The van der Waals surface area contributed by atoms with E-state index >= 15 is 0 Å². The van der Waals surface area contributed by atoms with E-state index in [0.717, 1.165) is 48.6 Å². The molecule has 1 unspecified atom stereocenters. The fourth-order valence-corrected chi connectivity index (χ4v) is 2.03. The van der Waals surface area contributed by atoms with Crippen molar-refractivity contribution in [2.75, 3.05) is 29.9 Å². The minimum Gasteiger partial charge on any atom is -0.398 e. The SMILES string of the molecule is CCCOC1CNc2c(N)ccc(N)c2C1. The summed E-state index contributed by atoms with van der Waals surface area (Å²) in [5.74, 6) is 0. The van der Waals surface area contributed by atoms with Crippen LogP contribution in [0.1, 0.15) is 18.9 Å². The van der Waals surface area contributed by atoms with E-state index in [0.29, 0.717) is 0 Å². The maximum absolute atomic E-state index is 5.95. The van der Waals surface area contributed by atoms with Crippen molar-refractivity contribution in [1.82, 2.24) is 0 Å². The number of benzene rings is 1. The van der Waals surface area contributed by atoms with Crippen LogP contribution in [-0.4, -0.2) is 19.3 Å². The molecule has 0 saturated heterocycles. The fraction of sp³-hybridized carbons (Fsp3) is 0.500. The summed E-state index contributed by atoms with van der Waals surface area (Å²) in [6.07, 6.45) is 2.09. The summed E-state index contributed by atoms with van der Waals surface area (Å²) in [7, 11) is 0. The quantitative estimate of drug-likeness (QED) is 0.678. The molecular formula is C12H19N3O. The van der Waals surface area contributed by atoms with Gasteiger partial charge in [-0.15, -0.1) is 0 Å². The summed E-state index contributed by atoms with van der Waals surface area (Å²) in [5, 5.41) is 3.30. The third kappa shape index (κ3) is 2.07. The van der Waals surface area contributed by atoms with Gasteiger partial charge in [-0.1, -0.05) is 6.92 Å². The molecule has 0 fully saturated rings. The lowest BCUT2D eigenvalue weighted by atomic mass is 9.98. The molecule has 1 aliphatic rings. The van der Waals surface area contributed by atoms with Crippen LogP contribution in [0, 0.1) is 0 Å². The van der Waals surface area contributed by atoms with Crippen LogP contribution in [0.2, 0.25) is 0 Å². The zero-order chi connectivity index (χ0) is 11.5. The Hall–Kier alpha value is -1.42. The van der Waals surface area contributed by atoms with Crippen molar-refractivity contribution < 1.29 is 4.74 Å². The summed E-state index contributed by atoms with van der Waals surface area (Å²) in [6.45, 7) is 3.71. The first kappa shape index (κ1) is 11.1. The van der Waals surface area contributed by atoms with Gasteiger partial charge in [0.2, 0.25) is 0 Å². The number of fused-ring (bicyclic) bond motifs is 1. The lowest BCUT2D eigenvalue weighted by Gasteiger charge is -2.28. The number of hydrogen-bond donors (Lipinski definition) is 3. The number of nitrogen functional groups attached to an aromatic ring is 2. The smallest absolute Gasteiger partial charge is 0.0789 e. The maximum atomic E-state index is 5.95. The number of hydrogen-bond acceptors (Lipinski definition) is 4. The van der Waals surface area contributed by atoms with Gasteiger partial charge >= 0.3 is 0 Å². The molecule has 4 nitrogen and oxygen atoms in total. The number of nitrogens with two attached hydrogens (primary N) is 2. The van der Waals surface area contributed by atoms with Crippen LogP contribution >= 0.6 is 0 Å². The summed E-state index contributed by atoms with van der Waals surface area (Å²) < 4.78 is 5.72. The Morgan fingerprint density at radius 2 is 2.12 bits per heavy atom. The van der Waals surface area contributed by atoms with Crippen LogP contribution in [0.3, 0.4) is 0 Å². The first-order chi connectivity index (χ1) is 7.72. The van der Waals surface area contributed by atoms with E-state index < -0.39 is 0 Å². The first-order valence-electron chi connectivity index (χ1n) is 5.74. The van der Waals surface area contributed by atoms with Gasteiger partial charge in [0, 0.05) is 30.8 Å². The number of ether oxygens (including phenoxy) is 1. The molecule has 0 aromatic heterocycles. The Morgan fingerprint density at radius 3 is 2.88 bits per heavy atom. The molecule has 0 amide bonds. The van der Waals surface area contributed by atoms with Gasteiger partial charge in [-0.3, -0.25) is 0 Å². The largest absolute Gasteiger partial charge is 0.398 e. The van der Waals surface area contributed by atoms with Crippen LogP contribution in [0.4, 0.5) is 17.1 Å². The van der Waals surface area contributed by atoms with Crippen molar-refractivity contribution in [2.45, 2.75) is 25.9 Å². The van der Waals surface area contributed by atoms with Crippen molar-refractivity contribution >= 4 is 17.1 Å². The molecule has 0 spiro atoms. The lowest BCUT2D eigenvalue weighted by Crippen LogP contribution is -2.31. The zero-order valence-electron chi connectivity index (χ0n) is 9.62. The highest BCUT2D eigenvalue weighted by Crippen LogP contribution is 2.33. The summed E-state index contributed by atoms with van der Waals surface area (Å²) in [4.78, 5) is 0. The topological polar surface area (TPSA) is 73.3 Å². The lowest BCUT2D eigenvalue weighted by molar-refractivity contribution is 0.0610. The minimum atomic E-state index is 0.205. The number of rotatable bonds is 3. The van der Waals surface area contributed by atoms with E-state index in [2.05, 4.69) is 12.2 Å². The molecule has 4 heteroatoms. The second-order valence-electron chi connectivity index (χ2n) is 4.18. The van der Waals surface area contributed by atoms with Gasteiger partial charge < -0.3 is 21.5 Å². The van der Waals surface area contributed by atoms with Crippen molar-refractivity contribution in [3.63, 3.8) is 0 Å². The standard InChI is InChI=1S/C12H19N3O/c1-2-5-16-8-6-9-10(13)3-4-11(14)12(9)15-7-8/h3-4,8,15H,2,5-7,13-14H2,1H3. The Balaban J connectivity index is 2.16. The Morgan fingerprint density at radius 1 is 1.38 bits per heavy atom. The number of nitrogens with one attached hydrogen (secondary N) is 1. The predicted octanol–water partition coefficient (Wildman–Crippen LogP) is 1.61. The van der Waals surface area contributed by atoms with E-state index in [9.17, 15) is 0 Å². The highest BCUT2D eigenvalue weighted by atomic mass is 16.5. The predicted molar refractivity (Wildman–Crippen MR) is 67.5 cm³/mol. The fourth-order valence-electron chi connectivity index (χ4n) is 2.03. The van der Waals surface area contributed by atoms with Gasteiger partial charge in [0.1, 0.15) is 0 Å². The van der Waals surface area contributed by atoms with Gasteiger partial charge in [0.05, 0.1) is 17.5 Å². The highest BCUT2D eigenvalue weighted by molar-refractivity contribution is 5.77. The van der Waals surface area contributed by atoms with E-state index in [-0.39, 0.29) is 6.10 Å². The molecule has 1 aliphatic heterocycles. The Bertz CT molecular complexity index is 379. The summed E-state index contributed by atoms with van der Waals surface area (Å²) >= 11 is 0. The number of anilines is 3. The van der Waals surface area contributed by atoms with Crippen LogP contribution in [0.25, 0.3) is 0 Å². The average molecular weight is 221 g/mol. The van der Waals surface area contributed by atoms with E-state index in [1.165, 1.54) is 0 Å². The average Bonchev–Trinajstić information content (AvgIpc) is 2.31. The van der Waals surface area contributed by atoms with Crippen molar-refractivity contribution in [3.05, 3.63) is 17.7 Å². The van der Waals surface area contributed by atoms with E-state index in [1.54, 1.807) is 0 Å². The van der Waals surface area contributed by atoms with Crippen LogP contribution in [-0.2, 0) is 11.2 Å². The molecule has 0 bridgehead atoms. The summed E-state index contributed by atoms with van der Waals surface area (Å²) in [5.41, 5.74) is 15.5. The van der Waals surface area contributed by atoms with Gasteiger partial charge in [0.25, 0.3) is 0 Å². The van der Waals surface area contributed by atoms with Gasteiger partial charge in [-0.05, 0) is 18.6 Å².